The zero-order valence-corrected chi connectivity index (χ0v) is 8.94. The third-order valence-electron chi connectivity index (χ3n) is 1.94. The number of aliphatic hydroxyl groups is 2. The number of anilines is 1. The molecule has 0 fully saturated rings. The summed E-state index contributed by atoms with van der Waals surface area (Å²) in [4.78, 5) is 1.43. The van der Waals surface area contributed by atoms with Gasteiger partial charge in [-0.2, -0.15) is 0 Å². The molecule has 78 valence electrons. The Morgan fingerprint density at radius 3 is 2.07 bits per heavy atom. The molecule has 0 aliphatic heterocycles. The van der Waals surface area contributed by atoms with Crippen molar-refractivity contribution < 1.29 is 10.2 Å². The molecule has 2 unspecified atom stereocenters. The minimum Gasteiger partial charge on any atom is -0.374 e. The summed E-state index contributed by atoms with van der Waals surface area (Å²) in [5.74, 6) is 0. The second-order valence-corrected chi connectivity index (χ2v) is 3.53. The van der Waals surface area contributed by atoms with Gasteiger partial charge in [0.05, 0.1) is 10.7 Å². The van der Waals surface area contributed by atoms with Crippen molar-refractivity contribution in [1.82, 2.24) is 0 Å². The number of hydrogen-bond donors (Lipinski definition) is 2. The first-order chi connectivity index (χ1) is 6.54. The first kappa shape index (κ1) is 11.3. The van der Waals surface area contributed by atoms with Crippen LogP contribution in [0.1, 0.15) is 13.8 Å². The lowest BCUT2D eigenvalue weighted by Gasteiger charge is -2.31. The van der Waals surface area contributed by atoms with Crippen molar-refractivity contribution in [2.24, 2.45) is 0 Å². The Balaban J connectivity index is 3.05. The molecular formula is C10H14ClNO2. The maximum absolute atomic E-state index is 9.47. The largest absolute Gasteiger partial charge is 0.374 e. The van der Waals surface area contributed by atoms with Crippen molar-refractivity contribution in [2.75, 3.05) is 4.90 Å². The molecule has 0 aliphatic carbocycles. The van der Waals surface area contributed by atoms with Gasteiger partial charge in [0.15, 0.2) is 0 Å². The Hall–Kier alpha value is -0.770. The third-order valence-corrected chi connectivity index (χ3v) is 2.26. The highest BCUT2D eigenvalue weighted by Gasteiger charge is 2.18. The van der Waals surface area contributed by atoms with E-state index in [2.05, 4.69) is 0 Å². The van der Waals surface area contributed by atoms with Crippen molar-refractivity contribution >= 4 is 17.3 Å². The predicted molar refractivity (Wildman–Crippen MR) is 57.3 cm³/mol. The van der Waals surface area contributed by atoms with Crippen LogP contribution in [0.25, 0.3) is 0 Å². The number of aliphatic hydroxyl groups excluding tert-OH is 2. The van der Waals surface area contributed by atoms with Gasteiger partial charge in [0.1, 0.15) is 12.5 Å². The maximum atomic E-state index is 9.47. The molecule has 1 aromatic carbocycles. The van der Waals surface area contributed by atoms with Gasteiger partial charge in [-0.15, -0.1) is 0 Å². The van der Waals surface area contributed by atoms with Crippen LogP contribution in [0, 0.1) is 0 Å². The molecule has 3 nitrogen and oxygen atoms in total. The molecule has 0 radical (unpaired) electrons. The van der Waals surface area contributed by atoms with Crippen LogP contribution in [-0.4, -0.2) is 22.7 Å². The average Bonchev–Trinajstić information content (AvgIpc) is 2.07. The summed E-state index contributed by atoms with van der Waals surface area (Å²) < 4.78 is 0. The van der Waals surface area contributed by atoms with Crippen LogP contribution in [0.15, 0.2) is 24.3 Å². The van der Waals surface area contributed by atoms with Crippen LogP contribution in [0.3, 0.4) is 0 Å². The van der Waals surface area contributed by atoms with E-state index < -0.39 is 12.5 Å². The smallest absolute Gasteiger partial charge is 0.126 e. The lowest BCUT2D eigenvalue weighted by Crippen LogP contribution is -2.40. The standard InChI is InChI=1S/C10H14ClNO2/c1-7(13)12(8(2)14)10-6-4-3-5-9(10)11/h3-8,13-14H,1-2H3. The number of halogens is 1. The fraction of sp³-hybridized carbons (Fsp3) is 0.400. The molecule has 2 N–H and O–H groups in total. The van der Waals surface area contributed by atoms with Crippen molar-refractivity contribution in [3.8, 4) is 0 Å². The van der Waals surface area contributed by atoms with Crippen molar-refractivity contribution in [3.63, 3.8) is 0 Å². The normalized spacial score (nSPS) is 14.9. The van der Waals surface area contributed by atoms with Gasteiger partial charge in [-0.3, -0.25) is 0 Å². The molecule has 0 spiro atoms. The van der Waals surface area contributed by atoms with Crippen molar-refractivity contribution in [1.29, 1.82) is 0 Å². The molecule has 0 amide bonds. The maximum Gasteiger partial charge on any atom is 0.126 e. The number of benzene rings is 1. The van der Waals surface area contributed by atoms with Crippen LogP contribution in [0.5, 0.6) is 0 Å². The highest BCUT2D eigenvalue weighted by atomic mass is 35.5. The lowest BCUT2D eigenvalue weighted by molar-refractivity contribution is 0.105. The van der Waals surface area contributed by atoms with E-state index >= 15 is 0 Å². The Morgan fingerprint density at radius 2 is 1.64 bits per heavy atom. The summed E-state index contributed by atoms with van der Waals surface area (Å²) in [6.45, 7) is 3.16. The summed E-state index contributed by atoms with van der Waals surface area (Å²) in [6, 6.07) is 7.07. The summed E-state index contributed by atoms with van der Waals surface area (Å²) in [5.41, 5.74) is 0.624. The molecule has 0 heterocycles. The molecule has 0 aromatic heterocycles. The van der Waals surface area contributed by atoms with Crippen molar-refractivity contribution in [2.45, 2.75) is 26.3 Å². The first-order valence-corrected chi connectivity index (χ1v) is 4.81. The highest BCUT2D eigenvalue weighted by Crippen LogP contribution is 2.27. The quantitative estimate of drug-likeness (QED) is 0.756. The van der Waals surface area contributed by atoms with Crippen molar-refractivity contribution in [3.05, 3.63) is 29.3 Å². The predicted octanol–water partition coefficient (Wildman–Crippen LogP) is 1.82. The molecular weight excluding hydrogens is 202 g/mol. The number of para-hydroxylation sites is 1. The first-order valence-electron chi connectivity index (χ1n) is 4.43. The van der Waals surface area contributed by atoms with Crippen LogP contribution in [-0.2, 0) is 0 Å². The van der Waals surface area contributed by atoms with Crippen LogP contribution in [0.4, 0.5) is 5.69 Å². The van der Waals surface area contributed by atoms with Gasteiger partial charge in [-0.25, -0.2) is 0 Å². The van der Waals surface area contributed by atoms with Crippen LogP contribution >= 0.6 is 11.6 Å². The third kappa shape index (κ3) is 2.38. The van der Waals surface area contributed by atoms with Crippen LogP contribution in [0.2, 0.25) is 5.02 Å². The van der Waals surface area contributed by atoms with E-state index in [4.69, 9.17) is 11.6 Å². The monoisotopic (exact) mass is 215 g/mol. The molecule has 14 heavy (non-hydrogen) atoms. The summed E-state index contributed by atoms with van der Waals surface area (Å²) in [5, 5.41) is 19.4. The highest BCUT2D eigenvalue weighted by molar-refractivity contribution is 6.33. The van der Waals surface area contributed by atoms with Gasteiger partial charge in [-0.05, 0) is 26.0 Å². The molecule has 0 aliphatic rings. The van der Waals surface area contributed by atoms with E-state index in [0.717, 1.165) is 0 Å². The minimum absolute atomic E-state index is 0.509. The fourth-order valence-corrected chi connectivity index (χ4v) is 1.61. The summed E-state index contributed by atoms with van der Waals surface area (Å²) in [7, 11) is 0. The Kier molecular flexibility index (Phi) is 3.75. The number of hydrogen-bond acceptors (Lipinski definition) is 3. The van der Waals surface area contributed by atoms with Gasteiger partial charge in [0, 0.05) is 0 Å². The molecule has 1 rings (SSSR count). The van der Waals surface area contributed by atoms with E-state index in [-0.39, 0.29) is 0 Å². The van der Waals surface area contributed by atoms with Gasteiger partial charge >= 0.3 is 0 Å². The van der Waals surface area contributed by atoms with E-state index in [1.807, 2.05) is 0 Å². The molecule has 4 heteroatoms. The summed E-state index contributed by atoms with van der Waals surface area (Å²) >= 11 is 5.94. The second-order valence-electron chi connectivity index (χ2n) is 3.12. The molecule has 0 saturated heterocycles. The molecule has 0 bridgehead atoms. The Morgan fingerprint density at radius 1 is 1.14 bits per heavy atom. The second kappa shape index (κ2) is 4.64. The summed E-state index contributed by atoms with van der Waals surface area (Å²) in [6.07, 6.45) is -1.57. The van der Waals surface area contributed by atoms with Crippen LogP contribution < -0.4 is 4.90 Å². The SMILES string of the molecule is CC(O)N(c1ccccc1Cl)C(C)O. The fourth-order valence-electron chi connectivity index (χ4n) is 1.38. The topological polar surface area (TPSA) is 43.7 Å². The van der Waals surface area contributed by atoms with Gasteiger partial charge < -0.3 is 15.1 Å². The van der Waals surface area contributed by atoms with E-state index in [9.17, 15) is 10.2 Å². The average molecular weight is 216 g/mol. The zero-order valence-electron chi connectivity index (χ0n) is 8.18. The Labute approximate surface area is 88.5 Å². The lowest BCUT2D eigenvalue weighted by atomic mass is 10.2. The van der Waals surface area contributed by atoms with E-state index in [1.54, 1.807) is 38.1 Å². The Bertz CT molecular complexity index is 294. The van der Waals surface area contributed by atoms with E-state index in [1.165, 1.54) is 4.90 Å². The molecule has 2 atom stereocenters. The molecule has 0 saturated carbocycles. The van der Waals surface area contributed by atoms with Gasteiger partial charge in [0.2, 0.25) is 0 Å². The number of rotatable bonds is 3. The van der Waals surface area contributed by atoms with Gasteiger partial charge in [-0.1, -0.05) is 23.7 Å². The van der Waals surface area contributed by atoms with E-state index in [0.29, 0.717) is 10.7 Å². The number of nitrogens with zero attached hydrogens (tertiary/aromatic N) is 1. The molecule has 1 aromatic rings. The zero-order chi connectivity index (χ0) is 10.7. The minimum atomic E-state index is -0.783. The van der Waals surface area contributed by atoms with Gasteiger partial charge in [0.25, 0.3) is 0 Å².